The van der Waals surface area contributed by atoms with Crippen molar-refractivity contribution in [2.24, 2.45) is 5.92 Å². The monoisotopic (exact) mass is 386 g/mol. The Hall–Kier alpha value is -2.58. The molecular formula is C20H23FN4O3. The molecule has 1 unspecified atom stereocenters. The van der Waals surface area contributed by atoms with Gasteiger partial charge in [-0.15, -0.1) is 0 Å². The number of anilines is 1. The summed E-state index contributed by atoms with van der Waals surface area (Å²) in [6.45, 7) is 2.50. The number of halogens is 1. The molecule has 148 valence electrons. The van der Waals surface area contributed by atoms with E-state index in [0.717, 1.165) is 6.54 Å². The summed E-state index contributed by atoms with van der Waals surface area (Å²) in [5.74, 6) is 0.121. The first-order valence-electron chi connectivity index (χ1n) is 9.57. The molecular weight excluding hydrogens is 363 g/mol. The number of hydrogen-bond acceptors (Lipinski definition) is 6. The fraction of sp³-hybridized carbons (Fsp3) is 0.450. The van der Waals surface area contributed by atoms with Crippen molar-refractivity contribution in [1.82, 2.24) is 15.3 Å². The number of rotatable bonds is 6. The lowest BCUT2D eigenvalue weighted by Crippen LogP contribution is -2.33. The quantitative estimate of drug-likeness (QED) is 0.794. The standard InChI is InChI=1S/C20H23FN4O3/c21-16-8-14(4-5-15(16)18-10-22-6-7-27-18)25-20(26)17-9-24-19(11-23-17)28-12-13-2-1-3-13/h4-5,8-9,11,13,18,22H,1-3,6-7,10,12H2,(H,25,26). The Balaban J connectivity index is 1.35. The number of aromatic nitrogens is 2. The first-order chi connectivity index (χ1) is 13.7. The molecule has 2 fully saturated rings. The minimum atomic E-state index is -0.458. The Kier molecular flexibility index (Phi) is 5.78. The van der Waals surface area contributed by atoms with E-state index in [-0.39, 0.29) is 11.8 Å². The Morgan fingerprint density at radius 3 is 2.86 bits per heavy atom. The van der Waals surface area contributed by atoms with Crippen LogP contribution in [0.15, 0.2) is 30.6 Å². The molecule has 7 nitrogen and oxygen atoms in total. The van der Waals surface area contributed by atoms with E-state index in [2.05, 4.69) is 20.6 Å². The summed E-state index contributed by atoms with van der Waals surface area (Å²) in [5, 5.41) is 5.81. The SMILES string of the molecule is O=C(Nc1ccc(C2CNCCO2)c(F)c1)c1cnc(OCC2CCC2)cn1. The maximum atomic E-state index is 14.4. The minimum Gasteiger partial charge on any atom is -0.476 e. The lowest BCUT2D eigenvalue weighted by Gasteiger charge is -2.24. The second kappa shape index (κ2) is 8.62. The number of carbonyl (C=O) groups excluding carboxylic acids is 1. The van der Waals surface area contributed by atoms with E-state index in [9.17, 15) is 9.18 Å². The molecule has 4 rings (SSSR count). The van der Waals surface area contributed by atoms with Crippen LogP contribution in [0, 0.1) is 11.7 Å². The van der Waals surface area contributed by atoms with Crippen molar-refractivity contribution in [2.75, 3.05) is 31.6 Å². The smallest absolute Gasteiger partial charge is 0.275 e. The summed E-state index contributed by atoms with van der Waals surface area (Å²) in [4.78, 5) is 20.5. The van der Waals surface area contributed by atoms with Crippen molar-refractivity contribution in [1.29, 1.82) is 0 Å². The maximum absolute atomic E-state index is 14.4. The second-order valence-corrected chi connectivity index (χ2v) is 7.10. The summed E-state index contributed by atoms with van der Waals surface area (Å²) < 4.78 is 25.6. The van der Waals surface area contributed by atoms with Gasteiger partial charge in [0.25, 0.3) is 5.91 Å². The normalized spacial score (nSPS) is 19.7. The van der Waals surface area contributed by atoms with Gasteiger partial charge in [-0.1, -0.05) is 12.5 Å². The van der Waals surface area contributed by atoms with Crippen molar-refractivity contribution >= 4 is 11.6 Å². The number of hydrogen-bond donors (Lipinski definition) is 2. The van der Waals surface area contributed by atoms with Gasteiger partial charge < -0.3 is 20.1 Å². The molecule has 1 amide bonds. The molecule has 1 atom stereocenters. The van der Waals surface area contributed by atoms with E-state index in [1.54, 1.807) is 12.1 Å². The van der Waals surface area contributed by atoms with Crippen LogP contribution in [0.3, 0.4) is 0 Å². The Bertz CT molecular complexity index is 821. The first kappa shape index (κ1) is 18.8. The van der Waals surface area contributed by atoms with Gasteiger partial charge in [0.2, 0.25) is 5.88 Å². The number of amides is 1. The van der Waals surface area contributed by atoms with Crippen LogP contribution in [-0.4, -0.2) is 42.2 Å². The Labute approximate surface area is 162 Å². The van der Waals surface area contributed by atoms with Crippen molar-refractivity contribution in [2.45, 2.75) is 25.4 Å². The molecule has 1 saturated heterocycles. The van der Waals surface area contributed by atoms with Crippen molar-refractivity contribution in [3.8, 4) is 5.88 Å². The highest BCUT2D eigenvalue weighted by atomic mass is 19.1. The van der Waals surface area contributed by atoms with Crippen molar-refractivity contribution in [3.63, 3.8) is 0 Å². The van der Waals surface area contributed by atoms with Gasteiger partial charge in [-0.05, 0) is 30.9 Å². The van der Waals surface area contributed by atoms with Gasteiger partial charge in [0, 0.05) is 24.3 Å². The van der Waals surface area contributed by atoms with Gasteiger partial charge >= 0.3 is 0 Å². The molecule has 1 aromatic carbocycles. The van der Waals surface area contributed by atoms with Gasteiger partial charge in [-0.25, -0.2) is 14.4 Å². The first-order valence-corrected chi connectivity index (χ1v) is 9.57. The van der Waals surface area contributed by atoms with Crippen molar-refractivity contribution < 1.29 is 18.7 Å². The van der Waals surface area contributed by atoms with Crippen LogP contribution < -0.4 is 15.4 Å². The summed E-state index contributed by atoms with van der Waals surface area (Å²) in [6.07, 6.45) is 6.10. The molecule has 0 radical (unpaired) electrons. The third kappa shape index (κ3) is 4.45. The molecule has 1 saturated carbocycles. The fourth-order valence-corrected chi connectivity index (χ4v) is 3.20. The van der Waals surface area contributed by atoms with Gasteiger partial charge in [-0.2, -0.15) is 0 Å². The highest BCUT2D eigenvalue weighted by Gasteiger charge is 2.20. The highest BCUT2D eigenvalue weighted by molar-refractivity contribution is 6.02. The van der Waals surface area contributed by atoms with Gasteiger partial charge in [0.1, 0.15) is 11.5 Å². The average molecular weight is 386 g/mol. The van der Waals surface area contributed by atoms with Crippen LogP contribution in [0.25, 0.3) is 0 Å². The largest absolute Gasteiger partial charge is 0.476 e. The molecule has 1 aromatic heterocycles. The number of morpholine rings is 1. The van der Waals surface area contributed by atoms with E-state index >= 15 is 0 Å². The van der Waals surface area contributed by atoms with E-state index in [1.165, 1.54) is 37.7 Å². The topological polar surface area (TPSA) is 85.4 Å². The lowest BCUT2D eigenvalue weighted by atomic mass is 9.86. The summed E-state index contributed by atoms with van der Waals surface area (Å²) in [5.41, 5.74) is 0.959. The highest BCUT2D eigenvalue weighted by Crippen LogP contribution is 2.27. The second-order valence-electron chi connectivity index (χ2n) is 7.10. The average Bonchev–Trinajstić information content (AvgIpc) is 2.68. The molecule has 2 aliphatic rings. The van der Waals surface area contributed by atoms with Crippen LogP contribution in [-0.2, 0) is 4.74 Å². The zero-order valence-corrected chi connectivity index (χ0v) is 15.5. The summed E-state index contributed by atoms with van der Waals surface area (Å²) >= 11 is 0. The van der Waals surface area contributed by atoms with Gasteiger partial charge in [0.05, 0.1) is 31.7 Å². The predicted molar refractivity (Wildman–Crippen MR) is 101 cm³/mol. The minimum absolute atomic E-state index is 0.139. The Morgan fingerprint density at radius 1 is 1.32 bits per heavy atom. The molecule has 28 heavy (non-hydrogen) atoms. The number of benzene rings is 1. The fourth-order valence-electron chi connectivity index (χ4n) is 3.20. The van der Waals surface area contributed by atoms with Crippen LogP contribution in [0.4, 0.5) is 10.1 Å². The van der Waals surface area contributed by atoms with Crippen molar-refractivity contribution in [3.05, 3.63) is 47.7 Å². The van der Waals surface area contributed by atoms with Crippen LogP contribution in [0.2, 0.25) is 0 Å². The van der Waals surface area contributed by atoms with E-state index in [1.807, 2.05) is 0 Å². The summed E-state index contributed by atoms with van der Waals surface area (Å²) in [7, 11) is 0. The molecule has 2 aromatic rings. The number of carbonyl (C=O) groups is 1. The van der Waals surface area contributed by atoms with Crippen LogP contribution in [0.5, 0.6) is 5.88 Å². The Morgan fingerprint density at radius 2 is 2.21 bits per heavy atom. The van der Waals surface area contributed by atoms with E-state index < -0.39 is 11.7 Å². The zero-order chi connectivity index (χ0) is 19.3. The molecule has 2 N–H and O–H groups in total. The third-order valence-electron chi connectivity index (χ3n) is 5.09. The van der Waals surface area contributed by atoms with Gasteiger partial charge in [-0.3, -0.25) is 4.79 Å². The summed E-state index contributed by atoms with van der Waals surface area (Å²) in [6, 6.07) is 4.57. The predicted octanol–water partition coefficient (Wildman–Crippen LogP) is 2.71. The molecule has 2 heterocycles. The van der Waals surface area contributed by atoms with Gasteiger partial charge in [0.15, 0.2) is 0 Å². The maximum Gasteiger partial charge on any atom is 0.275 e. The molecule has 1 aliphatic carbocycles. The van der Waals surface area contributed by atoms with E-state index in [0.29, 0.717) is 42.8 Å². The molecule has 1 aliphatic heterocycles. The number of nitrogens with zero attached hydrogens (tertiary/aromatic N) is 2. The third-order valence-corrected chi connectivity index (χ3v) is 5.09. The van der Waals surface area contributed by atoms with Crippen LogP contribution >= 0.6 is 0 Å². The molecule has 0 spiro atoms. The number of ether oxygens (including phenoxy) is 2. The zero-order valence-electron chi connectivity index (χ0n) is 15.5. The number of nitrogens with one attached hydrogen (secondary N) is 2. The van der Waals surface area contributed by atoms with E-state index in [4.69, 9.17) is 9.47 Å². The van der Waals surface area contributed by atoms with Crippen LogP contribution in [0.1, 0.15) is 41.4 Å². The lowest BCUT2D eigenvalue weighted by molar-refractivity contribution is 0.0255. The molecule has 0 bridgehead atoms. The molecule has 8 heteroatoms.